The van der Waals surface area contributed by atoms with Crippen molar-refractivity contribution in [2.75, 3.05) is 0 Å². The molecular weight excluding hydrogens is 392 g/mol. The largest absolute Gasteiger partial charge is 0.385 e. The highest BCUT2D eigenvalue weighted by Gasteiger charge is 2.12. The molecule has 3 heterocycles. The van der Waals surface area contributed by atoms with Crippen molar-refractivity contribution < 1.29 is 14.4 Å². The van der Waals surface area contributed by atoms with Gasteiger partial charge in [0.15, 0.2) is 11.5 Å². The highest BCUT2D eigenvalue weighted by atomic mass is 16.5. The summed E-state index contributed by atoms with van der Waals surface area (Å²) < 4.78 is 7.32. The summed E-state index contributed by atoms with van der Waals surface area (Å²) in [6.45, 7) is 3.62. The number of aromatic nitrogens is 4. The van der Waals surface area contributed by atoms with Crippen LogP contribution in [0.15, 0.2) is 65.6 Å². The number of rotatable bonds is 5. The molecule has 3 aromatic heterocycles. The molecule has 0 saturated carbocycles. The Balaban J connectivity index is 1.45. The van der Waals surface area contributed by atoms with Crippen molar-refractivity contribution in [3.8, 4) is 23.2 Å². The Kier molecular flexibility index (Phi) is 5.74. The van der Waals surface area contributed by atoms with E-state index < -0.39 is 6.10 Å². The van der Waals surface area contributed by atoms with Crippen LogP contribution in [0.5, 0.6) is 0 Å². The van der Waals surface area contributed by atoms with Crippen molar-refractivity contribution in [3.05, 3.63) is 89.4 Å². The predicted octanol–water partition coefficient (Wildman–Crippen LogP) is 3.64. The second kappa shape index (κ2) is 8.78. The van der Waals surface area contributed by atoms with Gasteiger partial charge in [0.05, 0.1) is 6.54 Å². The molecule has 0 amide bonds. The molecule has 0 bridgehead atoms. The molecule has 0 radical (unpaired) electrons. The minimum absolute atomic E-state index is 0.0703. The number of imidazole rings is 1. The van der Waals surface area contributed by atoms with Gasteiger partial charge in [-0.05, 0) is 43.3 Å². The Labute approximate surface area is 179 Å². The van der Waals surface area contributed by atoms with Crippen LogP contribution in [0.4, 0.5) is 0 Å². The number of Topliss-reactive ketones (excluding diaryl/α,β-unsaturated/α-hetero) is 1. The lowest BCUT2D eigenvalue weighted by Crippen LogP contribution is -2.07. The number of aliphatic hydroxyl groups excluding tert-OH is 1. The molecule has 154 valence electrons. The number of pyridine rings is 1. The van der Waals surface area contributed by atoms with Crippen LogP contribution >= 0.6 is 0 Å². The van der Waals surface area contributed by atoms with E-state index in [4.69, 9.17) is 4.52 Å². The van der Waals surface area contributed by atoms with Gasteiger partial charge in [-0.25, -0.2) is 4.98 Å². The van der Waals surface area contributed by atoms with Crippen LogP contribution in [0.1, 0.15) is 53.1 Å². The Bertz CT molecular complexity index is 1260. The molecule has 0 aliphatic rings. The van der Waals surface area contributed by atoms with E-state index in [1.807, 2.05) is 34.9 Å². The predicted molar refractivity (Wildman–Crippen MR) is 114 cm³/mol. The van der Waals surface area contributed by atoms with Gasteiger partial charge < -0.3 is 14.2 Å². The van der Waals surface area contributed by atoms with Crippen LogP contribution in [0.3, 0.4) is 0 Å². The Morgan fingerprint density at radius 2 is 1.87 bits per heavy atom. The van der Waals surface area contributed by atoms with E-state index in [-0.39, 0.29) is 5.78 Å². The van der Waals surface area contributed by atoms with Crippen LogP contribution < -0.4 is 0 Å². The van der Waals surface area contributed by atoms with Gasteiger partial charge in [-0.2, -0.15) is 0 Å². The number of hydrogen-bond acceptors (Lipinski definition) is 6. The zero-order chi connectivity index (χ0) is 21.8. The zero-order valence-corrected chi connectivity index (χ0v) is 17.1. The number of nitrogens with zero attached hydrogens (tertiary/aromatic N) is 4. The fraction of sp³-hybridized carbons (Fsp3) is 0.167. The highest BCUT2D eigenvalue weighted by Crippen LogP contribution is 2.22. The minimum Gasteiger partial charge on any atom is -0.385 e. The molecular formula is C24H20N4O3. The van der Waals surface area contributed by atoms with Crippen molar-refractivity contribution in [2.24, 2.45) is 0 Å². The number of hydrogen-bond donors (Lipinski definition) is 1. The van der Waals surface area contributed by atoms with Gasteiger partial charge in [-0.15, -0.1) is 0 Å². The van der Waals surface area contributed by atoms with E-state index in [1.165, 1.54) is 6.92 Å². The van der Waals surface area contributed by atoms with Crippen LogP contribution in [0, 0.1) is 11.8 Å². The van der Waals surface area contributed by atoms with Gasteiger partial charge in [0.2, 0.25) is 0 Å². The lowest BCUT2D eigenvalue weighted by Gasteiger charge is -2.07. The average Bonchev–Trinajstić information content (AvgIpc) is 3.43. The van der Waals surface area contributed by atoms with Crippen LogP contribution in [0.2, 0.25) is 0 Å². The molecule has 0 spiro atoms. The normalized spacial score (nSPS) is 11.6. The lowest BCUT2D eigenvalue weighted by atomic mass is 10.1. The number of carbonyl (C=O) groups excluding carboxylic acids is 1. The van der Waals surface area contributed by atoms with E-state index in [2.05, 4.69) is 27.0 Å². The molecule has 0 aliphatic carbocycles. The summed E-state index contributed by atoms with van der Waals surface area (Å²) >= 11 is 0. The zero-order valence-electron chi connectivity index (χ0n) is 17.1. The Hall–Kier alpha value is -4.02. The molecule has 1 aromatic carbocycles. The second-order valence-corrected chi connectivity index (χ2v) is 7.09. The summed E-state index contributed by atoms with van der Waals surface area (Å²) in [5, 5.41) is 13.9. The molecule has 31 heavy (non-hydrogen) atoms. The SMILES string of the molecule is CC(=O)c1ccc(C#Cc2ccc(-c3cc(Cn4ccnc4[C@H](C)O)no3)cc2)cn1. The van der Waals surface area contributed by atoms with Gasteiger partial charge in [0.25, 0.3) is 0 Å². The number of benzene rings is 1. The van der Waals surface area contributed by atoms with E-state index in [9.17, 15) is 9.90 Å². The fourth-order valence-corrected chi connectivity index (χ4v) is 3.06. The van der Waals surface area contributed by atoms with Crippen LogP contribution in [-0.2, 0) is 6.54 Å². The van der Waals surface area contributed by atoms with Crippen molar-refractivity contribution in [1.82, 2.24) is 19.7 Å². The maximum Gasteiger partial charge on any atom is 0.178 e. The van der Waals surface area contributed by atoms with Crippen molar-refractivity contribution in [2.45, 2.75) is 26.5 Å². The van der Waals surface area contributed by atoms with Gasteiger partial charge in [-0.1, -0.05) is 17.0 Å². The third-order valence-electron chi connectivity index (χ3n) is 4.66. The first-order valence-electron chi connectivity index (χ1n) is 9.74. The van der Waals surface area contributed by atoms with Gasteiger partial charge in [-0.3, -0.25) is 9.78 Å². The molecule has 1 N–H and O–H groups in total. The molecule has 7 heteroatoms. The third-order valence-corrected chi connectivity index (χ3v) is 4.66. The first-order valence-corrected chi connectivity index (χ1v) is 9.74. The molecule has 1 atom stereocenters. The molecule has 4 rings (SSSR count). The second-order valence-electron chi connectivity index (χ2n) is 7.09. The third kappa shape index (κ3) is 4.77. The first kappa shape index (κ1) is 20.3. The van der Waals surface area contributed by atoms with Gasteiger partial charge in [0, 0.05) is 48.3 Å². The number of aliphatic hydroxyl groups is 1. The topological polar surface area (TPSA) is 94.0 Å². The molecule has 7 nitrogen and oxygen atoms in total. The minimum atomic E-state index is -0.655. The summed E-state index contributed by atoms with van der Waals surface area (Å²) in [5.41, 5.74) is 3.64. The van der Waals surface area contributed by atoms with E-state index in [0.717, 1.165) is 22.4 Å². The van der Waals surface area contributed by atoms with E-state index in [1.54, 1.807) is 37.6 Å². The average molecular weight is 412 g/mol. The molecule has 4 aromatic rings. The lowest BCUT2D eigenvalue weighted by molar-refractivity contribution is 0.101. The monoisotopic (exact) mass is 412 g/mol. The van der Waals surface area contributed by atoms with Crippen LogP contribution in [0.25, 0.3) is 11.3 Å². The van der Waals surface area contributed by atoms with E-state index in [0.29, 0.717) is 23.8 Å². The fourth-order valence-electron chi connectivity index (χ4n) is 3.06. The summed E-state index contributed by atoms with van der Waals surface area (Å²) in [6, 6.07) is 13.0. The Morgan fingerprint density at radius 3 is 2.55 bits per heavy atom. The van der Waals surface area contributed by atoms with Gasteiger partial charge >= 0.3 is 0 Å². The molecule has 0 fully saturated rings. The molecule has 0 saturated heterocycles. The van der Waals surface area contributed by atoms with Crippen molar-refractivity contribution in [3.63, 3.8) is 0 Å². The van der Waals surface area contributed by atoms with Crippen LogP contribution in [-0.4, -0.2) is 30.6 Å². The van der Waals surface area contributed by atoms with Gasteiger partial charge in [0.1, 0.15) is 23.3 Å². The Morgan fingerprint density at radius 1 is 1.13 bits per heavy atom. The maximum atomic E-state index is 11.3. The van der Waals surface area contributed by atoms with Crippen molar-refractivity contribution >= 4 is 5.78 Å². The number of carbonyl (C=O) groups is 1. The summed E-state index contributed by atoms with van der Waals surface area (Å²) in [6.07, 6.45) is 4.39. The summed E-state index contributed by atoms with van der Waals surface area (Å²) in [4.78, 5) is 19.5. The molecule has 0 aliphatic heterocycles. The van der Waals surface area contributed by atoms with Crippen molar-refractivity contribution in [1.29, 1.82) is 0 Å². The summed E-state index contributed by atoms with van der Waals surface area (Å²) in [5.74, 6) is 7.29. The highest BCUT2D eigenvalue weighted by molar-refractivity contribution is 5.92. The molecule has 0 unspecified atom stereocenters. The first-order chi connectivity index (χ1) is 15.0. The summed E-state index contributed by atoms with van der Waals surface area (Å²) in [7, 11) is 0. The number of ketones is 1. The quantitative estimate of drug-likeness (QED) is 0.397. The smallest absolute Gasteiger partial charge is 0.178 e. The maximum absolute atomic E-state index is 11.3. The standard InChI is InChI=1S/C24H20N4O3/c1-16(29)22-10-7-19(14-26-22)4-3-18-5-8-20(9-6-18)23-13-21(27-31-23)15-28-12-11-25-24(28)17(2)30/h5-14,17,30H,15H2,1-2H3/t17-/m0/s1. The van der Waals surface area contributed by atoms with E-state index >= 15 is 0 Å².